The number of nitrogens with zero attached hydrogens (tertiary/aromatic N) is 4. The Morgan fingerprint density at radius 2 is 1.79 bits per heavy atom. The van der Waals surface area contributed by atoms with Crippen molar-refractivity contribution in [3.05, 3.63) is 53.3 Å². The fraction of sp³-hybridized carbons (Fsp3) is 0.556. The molecule has 3 atom stereocenters. The molecule has 12 heteroatoms. The van der Waals surface area contributed by atoms with Crippen molar-refractivity contribution in [3.63, 3.8) is 0 Å². The number of alkyl carbamates (subject to hydrolysis) is 1. The molecule has 264 valence electrons. The largest absolute Gasteiger partial charge is 0.444 e. The molecule has 2 aliphatic rings. The molecule has 0 saturated carbocycles. The van der Waals surface area contributed by atoms with Crippen molar-refractivity contribution in [2.45, 2.75) is 85.3 Å². The number of halogens is 1. The smallest absolute Gasteiger partial charge is 0.408 e. The zero-order valence-corrected chi connectivity index (χ0v) is 30.0. The van der Waals surface area contributed by atoms with E-state index in [2.05, 4.69) is 46.6 Å². The van der Waals surface area contributed by atoms with Crippen LogP contribution in [0.25, 0.3) is 11.1 Å². The van der Waals surface area contributed by atoms with Crippen LogP contribution in [0, 0.1) is 17.7 Å². The Balaban J connectivity index is 0.00000307. The lowest BCUT2D eigenvalue weighted by atomic mass is 9.93. The van der Waals surface area contributed by atoms with Crippen LogP contribution in [0.3, 0.4) is 0 Å². The van der Waals surface area contributed by atoms with Crippen LogP contribution in [-0.2, 0) is 14.4 Å². The fourth-order valence-electron chi connectivity index (χ4n) is 5.75. The van der Waals surface area contributed by atoms with Crippen LogP contribution in [0.2, 0.25) is 0 Å². The zero-order chi connectivity index (χ0) is 35.6. The van der Waals surface area contributed by atoms with Gasteiger partial charge in [-0.2, -0.15) is 0 Å². The van der Waals surface area contributed by atoms with E-state index in [0.29, 0.717) is 17.0 Å². The predicted molar refractivity (Wildman–Crippen MR) is 190 cm³/mol. The molecule has 1 saturated heterocycles. The van der Waals surface area contributed by atoms with Gasteiger partial charge in [-0.1, -0.05) is 52.0 Å². The highest BCUT2D eigenvalue weighted by molar-refractivity contribution is 5.91. The Bertz CT molecular complexity index is 1400. The number of piperidine rings is 1. The van der Waals surface area contributed by atoms with E-state index in [9.17, 15) is 9.59 Å². The number of benzene rings is 2. The summed E-state index contributed by atoms with van der Waals surface area (Å²) in [6, 6.07) is 9.30. The third-order valence-electron chi connectivity index (χ3n) is 8.14. The number of anilines is 1. The van der Waals surface area contributed by atoms with Crippen LogP contribution in [0.15, 0.2) is 46.5 Å². The molecule has 0 aromatic heterocycles. The van der Waals surface area contributed by atoms with E-state index >= 15 is 4.39 Å². The van der Waals surface area contributed by atoms with Gasteiger partial charge in [0.15, 0.2) is 6.23 Å². The lowest BCUT2D eigenvalue weighted by Crippen LogP contribution is -2.43. The second-order valence-corrected chi connectivity index (χ2v) is 13.4. The average molecular weight is 668 g/mol. The Kier molecular flexibility index (Phi) is 13.9. The summed E-state index contributed by atoms with van der Waals surface area (Å²) in [4.78, 5) is 39.4. The monoisotopic (exact) mass is 667 g/mol. The average Bonchev–Trinajstić information content (AvgIpc) is 3.05. The Morgan fingerprint density at radius 1 is 1.15 bits per heavy atom. The maximum Gasteiger partial charge on any atom is 0.408 e. The highest BCUT2D eigenvalue weighted by Gasteiger charge is 2.31. The van der Waals surface area contributed by atoms with Crippen molar-refractivity contribution in [2.24, 2.45) is 22.0 Å². The van der Waals surface area contributed by atoms with Crippen molar-refractivity contribution in [3.8, 4) is 11.1 Å². The van der Waals surface area contributed by atoms with Crippen LogP contribution in [-0.4, -0.2) is 80.4 Å². The van der Waals surface area contributed by atoms with Crippen LogP contribution in [0.1, 0.15) is 84.6 Å². The molecule has 2 aromatic rings. The van der Waals surface area contributed by atoms with Crippen molar-refractivity contribution in [1.82, 2.24) is 20.4 Å². The first-order valence-corrected chi connectivity index (χ1v) is 16.8. The molecule has 11 nitrogen and oxygen atoms in total. The number of amides is 2. The maximum absolute atomic E-state index is 15.2. The number of carbonyl (C=O) groups excluding carboxylic acids is 2. The van der Waals surface area contributed by atoms with Gasteiger partial charge in [0, 0.05) is 57.5 Å². The van der Waals surface area contributed by atoms with Crippen molar-refractivity contribution >= 4 is 30.7 Å². The minimum absolute atomic E-state index is 0.174. The second-order valence-electron chi connectivity index (χ2n) is 13.4. The Hall–Kier alpha value is -4.03. The summed E-state index contributed by atoms with van der Waals surface area (Å²) in [6.07, 6.45) is 2.46. The van der Waals surface area contributed by atoms with E-state index in [4.69, 9.17) is 14.6 Å². The van der Waals surface area contributed by atoms with Crippen molar-refractivity contribution < 1.29 is 23.6 Å². The number of hydrogen-bond acceptors (Lipinski definition) is 9. The van der Waals surface area contributed by atoms with E-state index in [-0.39, 0.29) is 30.0 Å². The fourth-order valence-corrected chi connectivity index (χ4v) is 5.75. The number of oxime groups is 1. The van der Waals surface area contributed by atoms with E-state index < -0.39 is 17.7 Å². The molecule has 0 spiro atoms. The van der Waals surface area contributed by atoms with Crippen LogP contribution >= 0.6 is 0 Å². The van der Waals surface area contributed by atoms with E-state index in [1.54, 1.807) is 59.4 Å². The first-order chi connectivity index (χ1) is 22.8. The maximum atomic E-state index is 15.2. The molecule has 4 rings (SSSR count). The molecule has 2 heterocycles. The number of fused-ring (bicyclic) bond motifs is 1. The molecule has 48 heavy (non-hydrogen) atoms. The number of ether oxygens (including phenoxy) is 1. The van der Waals surface area contributed by atoms with Crippen molar-refractivity contribution in [2.75, 3.05) is 39.0 Å². The third-order valence-corrected chi connectivity index (χ3v) is 8.14. The number of hydrogen-bond donors (Lipinski definition) is 3. The molecule has 2 aliphatic heterocycles. The van der Waals surface area contributed by atoms with Crippen LogP contribution < -0.4 is 16.0 Å². The Morgan fingerprint density at radius 3 is 2.35 bits per heavy atom. The number of rotatable bonds is 11. The standard InChI is InChI=1S/C34H48FN7O4.C2H6/c1-21(2)31(46-36-6)37-19-22-13-15-42(16-14-22)30-27-18-25(35)17-26(29(27)38-20-39-30)23-9-11-24(12-10-23)28(32(43)41(7)8)40-33(44)45-34(3,4)5;1-2/h9-12,17-18,20-22,28,30-31,37H,6,13-16,19H2,1-5,7-8H3,(H,38,39)(H,40,44);1-2H3. The molecule has 3 unspecified atom stereocenters. The van der Waals surface area contributed by atoms with Gasteiger partial charge in [-0.3, -0.25) is 20.0 Å². The molecule has 0 radical (unpaired) electrons. The summed E-state index contributed by atoms with van der Waals surface area (Å²) < 4.78 is 20.6. The number of carbonyl (C=O) groups is 2. The molecule has 1 fully saturated rings. The number of likely N-dealkylation sites (tertiary alicyclic amines) is 1. The van der Waals surface area contributed by atoms with E-state index in [0.717, 1.165) is 49.3 Å². The summed E-state index contributed by atoms with van der Waals surface area (Å²) in [6.45, 7) is 19.3. The van der Waals surface area contributed by atoms with Crippen molar-refractivity contribution in [1.29, 1.82) is 0 Å². The summed E-state index contributed by atoms with van der Waals surface area (Å²) in [5.74, 6) is 0.0838. The molecule has 0 aliphatic carbocycles. The number of likely N-dealkylation sites (N-methyl/N-ethyl adjacent to an activating group) is 1. The molecule has 3 N–H and O–H groups in total. The normalized spacial score (nSPS) is 17.6. The van der Waals surface area contributed by atoms with Gasteiger partial charge in [0.2, 0.25) is 5.91 Å². The van der Waals surface area contributed by atoms with Gasteiger partial charge in [0.05, 0.1) is 12.0 Å². The first kappa shape index (κ1) is 38.4. The molecule has 2 amide bonds. The van der Waals surface area contributed by atoms with Gasteiger partial charge in [-0.05, 0) is 62.8 Å². The Labute approximate surface area is 285 Å². The topological polar surface area (TPSA) is 120 Å². The summed E-state index contributed by atoms with van der Waals surface area (Å²) in [5, 5.41) is 13.0. The SMILES string of the molecule is C=NOC(NCC1CCN(C2N=CNc3c(-c4ccc(C(NC(=O)OC(C)(C)C)C(=O)N(C)C)cc4)cc(F)cc32)CC1)C(C)C.CC. The van der Waals surface area contributed by atoms with E-state index in [1.807, 2.05) is 26.0 Å². The van der Waals surface area contributed by atoms with Gasteiger partial charge < -0.3 is 25.1 Å². The molecular formula is C36H54FN7O4. The van der Waals surface area contributed by atoms with Crippen LogP contribution in [0.4, 0.5) is 14.9 Å². The summed E-state index contributed by atoms with van der Waals surface area (Å²) in [7, 11) is 3.25. The highest BCUT2D eigenvalue weighted by Crippen LogP contribution is 2.40. The molecule has 2 aromatic carbocycles. The minimum atomic E-state index is -0.949. The number of nitrogens with one attached hydrogen (secondary N) is 3. The zero-order valence-electron chi connectivity index (χ0n) is 30.0. The van der Waals surface area contributed by atoms with Gasteiger partial charge in [0.25, 0.3) is 0 Å². The van der Waals surface area contributed by atoms with E-state index in [1.165, 1.54) is 11.0 Å². The van der Waals surface area contributed by atoms with Gasteiger partial charge >= 0.3 is 6.09 Å². The van der Waals surface area contributed by atoms with Gasteiger partial charge in [0.1, 0.15) is 23.6 Å². The second kappa shape index (κ2) is 17.4. The minimum Gasteiger partial charge on any atom is -0.444 e. The molecule has 0 bridgehead atoms. The summed E-state index contributed by atoms with van der Waals surface area (Å²) >= 11 is 0. The lowest BCUT2D eigenvalue weighted by Gasteiger charge is -2.38. The highest BCUT2D eigenvalue weighted by atomic mass is 19.1. The summed E-state index contributed by atoms with van der Waals surface area (Å²) in [5.41, 5.74) is 2.87. The first-order valence-electron chi connectivity index (χ1n) is 16.8. The third kappa shape index (κ3) is 10.2. The van der Waals surface area contributed by atoms with Gasteiger partial charge in [-0.15, -0.1) is 5.16 Å². The number of aliphatic imine (C=N–C) groups is 1. The van der Waals surface area contributed by atoms with Crippen LogP contribution in [0.5, 0.6) is 0 Å². The molecular weight excluding hydrogens is 613 g/mol. The quantitative estimate of drug-likeness (QED) is 0.141. The predicted octanol–water partition coefficient (Wildman–Crippen LogP) is 6.54. The lowest BCUT2D eigenvalue weighted by molar-refractivity contribution is -0.131. The van der Waals surface area contributed by atoms with Gasteiger partial charge in [-0.25, -0.2) is 9.18 Å².